The maximum atomic E-state index is 12.0. The van der Waals surface area contributed by atoms with E-state index in [1.54, 1.807) is 7.05 Å². The second kappa shape index (κ2) is 5.71. The van der Waals surface area contributed by atoms with E-state index in [0.29, 0.717) is 0 Å². The summed E-state index contributed by atoms with van der Waals surface area (Å²) in [7, 11) is 1.72. The van der Waals surface area contributed by atoms with E-state index < -0.39 is 5.60 Å². The summed E-state index contributed by atoms with van der Waals surface area (Å²) in [4.78, 5) is 13.5. The molecule has 0 radical (unpaired) electrons. The van der Waals surface area contributed by atoms with Gasteiger partial charge in [0.25, 0.3) is 0 Å². The second-order valence-corrected chi connectivity index (χ2v) is 5.08. The quantitative estimate of drug-likeness (QED) is 0.792. The number of ether oxygens (including phenoxy) is 1. The van der Waals surface area contributed by atoms with Crippen LogP contribution in [-0.2, 0) is 4.74 Å². The first-order valence-corrected chi connectivity index (χ1v) is 6.03. The van der Waals surface area contributed by atoms with Crippen LogP contribution in [0.3, 0.4) is 0 Å². The molecule has 3 heteroatoms. The number of carbonyl (C=O) groups excluding carboxylic acids is 1. The molecule has 0 N–H and O–H groups in total. The lowest BCUT2D eigenvalue weighted by atomic mass is 10.1. The molecular formula is C15H21NO2. The summed E-state index contributed by atoms with van der Waals surface area (Å²) in [6.45, 7) is 7.48. The van der Waals surface area contributed by atoms with Gasteiger partial charge in [0.15, 0.2) is 0 Å². The molecule has 0 atom stereocenters. The summed E-state index contributed by atoms with van der Waals surface area (Å²) in [5.74, 6) is 0. The standard InChI is InChI=1S/C15H21NO2/c1-6-13(12-10-8-7-9-11-12)16(5)14(17)18-15(2,3)4/h6-11H,1-5H3/b13-6+. The minimum absolute atomic E-state index is 0.348. The number of nitrogens with zero attached hydrogens (tertiary/aromatic N) is 1. The molecule has 0 heterocycles. The van der Waals surface area contributed by atoms with Crippen LogP contribution in [0.15, 0.2) is 36.4 Å². The number of hydrogen-bond acceptors (Lipinski definition) is 2. The van der Waals surface area contributed by atoms with Crippen LogP contribution in [0.1, 0.15) is 33.3 Å². The van der Waals surface area contributed by atoms with Gasteiger partial charge in [-0.2, -0.15) is 0 Å². The maximum Gasteiger partial charge on any atom is 0.414 e. The van der Waals surface area contributed by atoms with E-state index in [4.69, 9.17) is 4.74 Å². The zero-order valence-electron chi connectivity index (χ0n) is 11.7. The lowest BCUT2D eigenvalue weighted by molar-refractivity contribution is 0.0388. The van der Waals surface area contributed by atoms with E-state index in [-0.39, 0.29) is 6.09 Å². The summed E-state index contributed by atoms with van der Waals surface area (Å²) in [5.41, 5.74) is 1.35. The van der Waals surface area contributed by atoms with Crippen molar-refractivity contribution in [1.82, 2.24) is 4.90 Å². The highest BCUT2D eigenvalue weighted by Gasteiger charge is 2.21. The van der Waals surface area contributed by atoms with Crippen LogP contribution in [0, 0.1) is 0 Å². The fraction of sp³-hybridized carbons (Fsp3) is 0.400. The van der Waals surface area contributed by atoms with Crippen LogP contribution in [0.25, 0.3) is 5.70 Å². The van der Waals surface area contributed by atoms with E-state index in [1.165, 1.54) is 4.90 Å². The van der Waals surface area contributed by atoms with Gasteiger partial charge < -0.3 is 4.74 Å². The Kier molecular flexibility index (Phi) is 4.54. The van der Waals surface area contributed by atoms with Crippen LogP contribution in [0.2, 0.25) is 0 Å². The topological polar surface area (TPSA) is 29.5 Å². The van der Waals surface area contributed by atoms with Gasteiger partial charge in [-0.3, -0.25) is 4.90 Å². The highest BCUT2D eigenvalue weighted by Crippen LogP contribution is 2.20. The van der Waals surface area contributed by atoms with Gasteiger partial charge in [-0.25, -0.2) is 4.79 Å². The van der Waals surface area contributed by atoms with Crippen molar-refractivity contribution < 1.29 is 9.53 Å². The molecule has 18 heavy (non-hydrogen) atoms. The molecule has 1 aromatic rings. The smallest absolute Gasteiger partial charge is 0.414 e. The van der Waals surface area contributed by atoms with E-state index in [0.717, 1.165) is 11.3 Å². The Morgan fingerprint density at radius 2 is 1.78 bits per heavy atom. The van der Waals surface area contributed by atoms with Gasteiger partial charge >= 0.3 is 6.09 Å². The Morgan fingerprint density at radius 1 is 1.22 bits per heavy atom. The van der Waals surface area contributed by atoms with Gasteiger partial charge in [0.05, 0.1) is 0 Å². The van der Waals surface area contributed by atoms with Gasteiger partial charge in [0, 0.05) is 12.7 Å². The van der Waals surface area contributed by atoms with E-state index >= 15 is 0 Å². The number of carbonyl (C=O) groups is 1. The molecule has 1 aromatic carbocycles. The molecule has 0 aliphatic carbocycles. The van der Waals surface area contributed by atoms with Crippen molar-refractivity contribution in [1.29, 1.82) is 0 Å². The van der Waals surface area contributed by atoms with Crippen LogP contribution < -0.4 is 0 Å². The lowest BCUT2D eigenvalue weighted by Gasteiger charge is -2.26. The summed E-state index contributed by atoms with van der Waals surface area (Å²) in [5, 5.41) is 0. The Balaban J connectivity index is 2.88. The highest BCUT2D eigenvalue weighted by molar-refractivity contribution is 5.81. The van der Waals surface area contributed by atoms with Gasteiger partial charge in [-0.15, -0.1) is 0 Å². The van der Waals surface area contributed by atoms with Crippen molar-refractivity contribution in [2.45, 2.75) is 33.3 Å². The zero-order chi connectivity index (χ0) is 13.8. The molecule has 98 valence electrons. The molecule has 1 amide bonds. The first-order valence-electron chi connectivity index (χ1n) is 6.03. The molecule has 1 rings (SSSR count). The molecular weight excluding hydrogens is 226 g/mol. The number of benzene rings is 1. The Bertz CT molecular complexity index is 430. The molecule has 0 aliphatic rings. The minimum atomic E-state index is -0.485. The molecule has 0 saturated heterocycles. The predicted octanol–water partition coefficient (Wildman–Crippen LogP) is 3.91. The van der Waals surface area contributed by atoms with Gasteiger partial charge in [-0.1, -0.05) is 36.4 Å². The van der Waals surface area contributed by atoms with Crippen molar-refractivity contribution in [2.24, 2.45) is 0 Å². The Labute approximate surface area is 109 Å². The fourth-order valence-corrected chi connectivity index (χ4v) is 1.59. The average Bonchev–Trinajstić information content (AvgIpc) is 2.29. The first-order chi connectivity index (χ1) is 8.35. The summed E-state index contributed by atoms with van der Waals surface area (Å²) in [6.07, 6.45) is 1.55. The SMILES string of the molecule is C/C=C(\c1ccccc1)N(C)C(=O)OC(C)(C)C. The zero-order valence-corrected chi connectivity index (χ0v) is 11.7. The van der Waals surface area contributed by atoms with Crippen molar-refractivity contribution in [2.75, 3.05) is 7.05 Å². The molecule has 3 nitrogen and oxygen atoms in total. The molecule has 0 bridgehead atoms. The lowest BCUT2D eigenvalue weighted by Crippen LogP contribution is -2.33. The number of amides is 1. The molecule has 0 fully saturated rings. The van der Waals surface area contributed by atoms with Crippen molar-refractivity contribution in [3.63, 3.8) is 0 Å². The van der Waals surface area contributed by atoms with Crippen LogP contribution in [-0.4, -0.2) is 23.6 Å². The first kappa shape index (κ1) is 14.3. The largest absolute Gasteiger partial charge is 0.443 e. The molecule has 0 spiro atoms. The van der Waals surface area contributed by atoms with Crippen LogP contribution in [0.4, 0.5) is 4.79 Å². The number of rotatable bonds is 2. The average molecular weight is 247 g/mol. The van der Waals surface area contributed by atoms with Crippen LogP contribution >= 0.6 is 0 Å². The molecule has 0 saturated carbocycles. The molecule has 0 unspecified atom stereocenters. The van der Waals surface area contributed by atoms with Crippen molar-refractivity contribution >= 4 is 11.8 Å². The van der Waals surface area contributed by atoms with Crippen LogP contribution in [0.5, 0.6) is 0 Å². The highest BCUT2D eigenvalue weighted by atomic mass is 16.6. The summed E-state index contributed by atoms with van der Waals surface area (Å²) < 4.78 is 5.35. The molecule has 0 aromatic heterocycles. The van der Waals surface area contributed by atoms with Crippen molar-refractivity contribution in [3.8, 4) is 0 Å². The van der Waals surface area contributed by atoms with Gasteiger partial charge in [-0.05, 0) is 33.3 Å². The predicted molar refractivity (Wildman–Crippen MR) is 74.1 cm³/mol. The third kappa shape index (κ3) is 3.91. The monoisotopic (exact) mass is 247 g/mol. The van der Waals surface area contributed by atoms with E-state index in [9.17, 15) is 4.79 Å². The summed E-state index contributed by atoms with van der Waals surface area (Å²) in [6, 6.07) is 9.78. The third-order valence-corrected chi connectivity index (χ3v) is 2.37. The van der Waals surface area contributed by atoms with Gasteiger partial charge in [0.1, 0.15) is 5.60 Å². The molecule has 0 aliphatic heterocycles. The second-order valence-electron chi connectivity index (χ2n) is 5.08. The normalized spacial score (nSPS) is 12.2. The van der Waals surface area contributed by atoms with E-state index in [2.05, 4.69) is 0 Å². The maximum absolute atomic E-state index is 12.0. The Hall–Kier alpha value is -1.77. The van der Waals surface area contributed by atoms with E-state index in [1.807, 2.05) is 64.1 Å². The third-order valence-electron chi connectivity index (χ3n) is 2.37. The summed E-state index contributed by atoms with van der Waals surface area (Å²) >= 11 is 0. The Morgan fingerprint density at radius 3 is 2.22 bits per heavy atom. The fourth-order valence-electron chi connectivity index (χ4n) is 1.59. The number of hydrogen-bond donors (Lipinski definition) is 0. The van der Waals surface area contributed by atoms with Gasteiger partial charge in [0.2, 0.25) is 0 Å². The van der Waals surface area contributed by atoms with Crippen molar-refractivity contribution in [3.05, 3.63) is 42.0 Å². The number of allylic oxidation sites excluding steroid dienone is 1. The minimum Gasteiger partial charge on any atom is -0.443 e.